The molecule has 0 saturated heterocycles. The quantitative estimate of drug-likeness (QED) is 0.393. The number of hydrogen-bond acceptors (Lipinski definition) is 3. The van der Waals surface area contributed by atoms with Gasteiger partial charge >= 0.3 is 0 Å². The van der Waals surface area contributed by atoms with Crippen molar-refractivity contribution in [2.75, 3.05) is 14.2 Å². The Bertz CT molecular complexity index is 855. The van der Waals surface area contributed by atoms with Crippen molar-refractivity contribution in [3.05, 3.63) is 23.8 Å². The average Bonchev–Trinajstić information content (AvgIpc) is 3.07. The van der Waals surface area contributed by atoms with Crippen molar-refractivity contribution >= 4 is 0 Å². The Morgan fingerprint density at radius 2 is 1.71 bits per heavy atom. The Morgan fingerprint density at radius 1 is 1.03 bits per heavy atom. The number of aliphatic hydroxyl groups excluding tert-OH is 1. The molecule has 3 saturated carbocycles. The first-order valence-electron chi connectivity index (χ1n) is 14.3. The molecule has 3 heteroatoms. The van der Waals surface area contributed by atoms with E-state index in [0.29, 0.717) is 23.2 Å². The van der Waals surface area contributed by atoms with E-state index in [4.69, 9.17) is 9.47 Å². The molecule has 0 aliphatic heterocycles. The summed E-state index contributed by atoms with van der Waals surface area (Å²) >= 11 is 0. The van der Waals surface area contributed by atoms with Crippen molar-refractivity contribution in [1.29, 1.82) is 0 Å². The van der Waals surface area contributed by atoms with Crippen LogP contribution in [-0.2, 0) is 9.47 Å². The normalized spacial score (nSPS) is 46.0. The maximum Gasteiger partial charge on any atom is 0.0802 e. The van der Waals surface area contributed by atoms with Crippen LogP contribution in [0.1, 0.15) is 100 Å². The summed E-state index contributed by atoms with van der Waals surface area (Å²) in [5, 5.41) is 10.9. The molecule has 0 spiro atoms. The first-order valence-corrected chi connectivity index (χ1v) is 14.3. The SMILES string of the molecule is COC1C=C2C(CCC(O)C2(C)C)C2(C)CCC3(C)C(C(C)CC=CC(C)(C)OC)CCC3(C)C12. The predicted molar refractivity (Wildman–Crippen MR) is 145 cm³/mol. The van der Waals surface area contributed by atoms with Crippen molar-refractivity contribution in [1.82, 2.24) is 0 Å². The molecule has 4 aliphatic rings. The van der Waals surface area contributed by atoms with Gasteiger partial charge in [0.15, 0.2) is 0 Å². The lowest BCUT2D eigenvalue weighted by molar-refractivity contribution is -0.182. The summed E-state index contributed by atoms with van der Waals surface area (Å²) < 4.78 is 12.0. The maximum absolute atomic E-state index is 10.9. The van der Waals surface area contributed by atoms with E-state index in [-0.39, 0.29) is 34.1 Å². The molecule has 0 aromatic heterocycles. The first kappa shape index (κ1) is 27.4. The molecule has 9 unspecified atom stereocenters. The van der Waals surface area contributed by atoms with Gasteiger partial charge in [0.2, 0.25) is 0 Å². The Kier molecular flexibility index (Phi) is 7.03. The molecule has 4 aliphatic carbocycles. The van der Waals surface area contributed by atoms with Gasteiger partial charge in [0, 0.05) is 25.6 Å². The van der Waals surface area contributed by atoms with E-state index >= 15 is 0 Å². The number of hydrogen-bond donors (Lipinski definition) is 1. The topological polar surface area (TPSA) is 38.7 Å². The number of rotatable bonds is 6. The van der Waals surface area contributed by atoms with Crippen LogP contribution >= 0.6 is 0 Å². The second-order valence-electron chi connectivity index (χ2n) is 14.6. The van der Waals surface area contributed by atoms with E-state index in [9.17, 15) is 5.11 Å². The third-order valence-electron chi connectivity index (χ3n) is 12.3. The molecule has 3 nitrogen and oxygen atoms in total. The summed E-state index contributed by atoms with van der Waals surface area (Å²) in [5.74, 6) is 2.49. The summed E-state index contributed by atoms with van der Waals surface area (Å²) in [6.45, 7) is 19.1. The summed E-state index contributed by atoms with van der Waals surface area (Å²) in [7, 11) is 3.71. The Labute approximate surface area is 216 Å². The number of allylic oxidation sites excluding steroid dienone is 1. The largest absolute Gasteiger partial charge is 0.392 e. The van der Waals surface area contributed by atoms with E-state index < -0.39 is 0 Å². The standard InChI is InChI=1S/C32H54O3/c1-21(12-11-16-28(2,3)35-10)22-15-17-32(8)27-25(34-9)20-24-23(13-14-26(33)29(24,4)5)30(27,6)18-19-31(22,32)7/h11,16,20-23,25-27,33H,12-15,17-19H2,1-10H3. The lowest BCUT2D eigenvalue weighted by atomic mass is 9.38. The van der Waals surface area contributed by atoms with Crippen LogP contribution in [0.4, 0.5) is 0 Å². The first-order chi connectivity index (χ1) is 16.2. The molecule has 0 heterocycles. The van der Waals surface area contributed by atoms with Gasteiger partial charge in [-0.3, -0.25) is 0 Å². The molecular formula is C32H54O3. The third-order valence-corrected chi connectivity index (χ3v) is 12.3. The third kappa shape index (κ3) is 4.02. The molecule has 0 bridgehead atoms. The molecular weight excluding hydrogens is 432 g/mol. The van der Waals surface area contributed by atoms with Crippen molar-refractivity contribution in [3.8, 4) is 0 Å². The summed E-state index contributed by atoms with van der Waals surface area (Å²) in [6.07, 6.45) is 15.3. The second kappa shape index (κ2) is 8.98. The van der Waals surface area contributed by atoms with Gasteiger partial charge in [-0.15, -0.1) is 0 Å². The van der Waals surface area contributed by atoms with Gasteiger partial charge in [0.25, 0.3) is 0 Å². The highest BCUT2D eigenvalue weighted by molar-refractivity contribution is 5.32. The van der Waals surface area contributed by atoms with Crippen LogP contribution in [0.15, 0.2) is 23.8 Å². The lowest BCUT2D eigenvalue weighted by Gasteiger charge is -2.67. The van der Waals surface area contributed by atoms with Crippen LogP contribution in [0, 0.1) is 45.3 Å². The highest BCUT2D eigenvalue weighted by atomic mass is 16.5. The number of ether oxygens (including phenoxy) is 2. The van der Waals surface area contributed by atoms with Crippen molar-refractivity contribution in [2.24, 2.45) is 45.3 Å². The lowest BCUT2D eigenvalue weighted by Crippen LogP contribution is -2.63. The predicted octanol–water partition coefficient (Wildman–Crippen LogP) is 7.58. The molecule has 0 aromatic rings. The van der Waals surface area contributed by atoms with Gasteiger partial charge in [-0.1, -0.05) is 65.3 Å². The van der Waals surface area contributed by atoms with Crippen molar-refractivity contribution < 1.29 is 14.6 Å². The minimum Gasteiger partial charge on any atom is -0.392 e. The van der Waals surface area contributed by atoms with Gasteiger partial charge in [-0.05, 0) is 92.8 Å². The van der Waals surface area contributed by atoms with E-state index in [1.165, 1.54) is 31.3 Å². The molecule has 3 fully saturated rings. The molecule has 35 heavy (non-hydrogen) atoms. The fraction of sp³-hybridized carbons (Fsp3) is 0.875. The van der Waals surface area contributed by atoms with Crippen LogP contribution < -0.4 is 0 Å². The minimum atomic E-state index is -0.250. The molecule has 4 rings (SSSR count). The highest BCUT2D eigenvalue weighted by Gasteiger charge is 2.69. The molecule has 0 aromatic carbocycles. The summed E-state index contributed by atoms with van der Waals surface area (Å²) in [6, 6.07) is 0. The maximum atomic E-state index is 10.9. The summed E-state index contributed by atoms with van der Waals surface area (Å²) in [4.78, 5) is 0. The van der Waals surface area contributed by atoms with Crippen LogP contribution in [0.3, 0.4) is 0 Å². The van der Waals surface area contributed by atoms with Gasteiger partial charge < -0.3 is 14.6 Å². The smallest absolute Gasteiger partial charge is 0.0802 e. The zero-order valence-electron chi connectivity index (χ0n) is 24.4. The van der Waals surface area contributed by atoms with Crippen LogP contribution in [0.2, 0.25) is 0 Å². The Hall–Kier alpha value is -0.640. The average molecular weight is 487 g/mol. The molecule has 1 N–H and O–H groups in total. The zero-order chi connectivity index (χ0) is 26.0. The molecule has 200 valence electrons. The molecule has 9 atom stereocenters. The number of methoxy groups -OCH3 is 2. The van der Waals surface area contributed by atoms with Crippen molar-refractivity contribution in [2.45, 2.75) is 118 Å². The van der Waals surface area contributed by atoms with E-state index in [1.54, 1.807) is 7.11 Å². The fourth-order valence-corrected chi connectivity index (χ4v) is 9.69. The summed E-state index contributed by atoms with van der Waals surface area (Å²) in [5.41, 5.74) is 1.94. The van der Waals surface area contributed by atoms with Gasteiger partial charge in [0.1, 0.15) is 0 Å². The van der Waals surface area contributed by atoms with Crippen molar-refractivity contribution in [3.63, 3.8) is 0 Å². The minimum absolute atomic E-state index is 0.136. The van der Waals surface area contributed by atoms with Crippen LogP contribution in [-0.4, -0.2) is 37.1 Å². The monoisotopic (exact) mass is 486 g/mol. The van der Waals surface area contributed by atoms with Crippen LogP contribution in [0.25, 0.3) is 0 Å². The second-order valence-corrected chi connectivity index (χ2v) is 14.6. The Morgan fingerprint density at radius 3 is 2.34 bits per heavy atom. The van der Waals surface area contributed by atoms with E-state index in [2.05, 4.69) is 73.6 Å². The van der Waals surface area contributed by atoms with E-state index in [0.717, 1.165) is 25.2 Å². The van der Waals surface area contributed by atoms with Gasteiger partial charge in [0.05, 0.1) is 17.8 Å². The van der Waals surface area contributed by atoms with Gasteiger partial charge in [-0.25, -0.2) is 0 Å². The molecule has 0 amide bonds. The van der Waals surface area contributed by atoms with Crippen LogP contribution in [0.5, 0.6) is 0 Å². The number of aliphatic hydroxyl groups is 1. The fourth-order valence-electron chi connectivity index (χ4n) is 9.69. The molecule has 0 radical (unpaired) electrons. The number of fused-ring (bicyclic) bond motifs is 5. The zero-order valence-corrected chi connectivity index (χ0v) is 24.4. The van der Waals surface area contributed by atoms with Gasteiger partial charge in [-0.2, -0.15) is 0 Å². The highest BCUT2D eigenvalue weighted by Crippen LogP contribution is 2.75. The van der Waals surface area contributed by atoms with E-state index in [1.807, 2.05) is 7.11 Å². The Balaban J connectivity index is 1.67.